The van der Waals surface area contributed by atoms with Crippen molar-refractivity contribution in [1.82, 2.24) is 14.9 Å². The maximum Gasteiger partial charge on any atom is 0.241 e. The van der Waals surface area contributed by atoms with Gasteiger partial charge in [-0.25, -0.2) is 13.1 Å². The zero-order valence-electron chi connectivity index (χ0n) is 12.6. The van der Waals surface area contributed by atoms with Crippen molar-refractivity contribution in [3.05, 3.63) is 16.3 Å². The van der Waals surface area contributed by atoms with Gasteiger partial charge in [0.2, 0.25) is 10.0 Å². The molecule has 5 nitrogen and oxygen atoms in total. The Labute approximate surface area is 126 Å². The molecule has 1 aromatic heterocycles. The summed E-state index contributed by atoms with van der Waals surface area (Å²) in [7, 11) is 0.449. The number of likely N-dealkylation sites (N-methyl/N-ethyl adjacent to an activating group) is 1. The van der Waals surface area contributed by atoms with Crippen molar-refractivity contribution in [2.24, 2.45) is 0 Å². The summed E-state index contributed by atoms with van der Waals surface area (Å²) in [5, 5.41) is 5.07. The standard InChI is InChI=1S/C13H25N3O2S2/c1-5-7-14-10-12-13(6-8-19-12)20(17,18)15-9-11(2)16(3)4/h6,8,11,14-15H,5,7,9-10H2,1-4H3. The number of hydrogen-bond donors (Lipinski definition) is 2. The first-order valence-electron chi connectivity index (χ1n) is 6.81. The van der Waals surface area contributed by atoms with Gasteiger partial charge in [-0.2, -0.15) is 0 Å². The van der Waals surface area contributed by atoms with Crippen LogP contribution in [-0.2, 0) is 16.6 Å². The Morgan fingerprint density at radius 2 is 2.10 bits per heavy atom. The first kappa shape index (κ1) is 17.6. The first-order valence-corrected chi connectivity index (χ1v) is 9.18. The largest absolute Gasteiger partial charge is 0.312 e. The Hall–Kier alpha value is -0.470. The summed E-state index contributed by atoms with van der Waals surface area (Å²) in [5.74, 6) is 0. The van der Waals surface area contributed by atoms with Crippen molar-refractivity contribution in [2.75, 3.05) is 27.2 Å². The maximum atomic E-state index is 12.3. The molecule has 1 heterocycles. The molecule has 0 saturated carbocycles. The van der Waals surface area contributed by atoms with E-state index in [1.165, 1.54) is 11.3 Å². The third-order valence-electron chi connectivity index (χ3n) is 3.16. The van der Waals surface area contributed by atoms with E-state index in [1.54, 1.807) is 6.07 Å². The van der Waals surface area contributed by atoms with E-state index in [9.17, 15) is 8.42 Å². The van der Waals surface area contributed by atoms with Crippen LogP contribution in [0.25, 0.3) is 0 Å². The van der Waals surface area contributed by atoms with Crippen LogP contribution >= 0.6 is 11.3 Å². The molecule has 116 valence electrons. The highest BCUT2D eigenvalue weighted by molar-refractivity contribution is 7.89. The summed E-state index contributed by atoms with van der Waals surface area (Å²) in [4.78, 5) is 3.25. The van der Waals surface area contributed by atoms with Crippen LogP contribution in [0, 0.1) is 0 Å². The van der Waals surface area contributed by atoms with Crippen LogP contribution in [0.4, 0.5) is 0 Å². The molecule has 0 aliphatic carbocycles. The number of sulfonamides is 1. The van der Waals surface area contributed by atoms with Crippen LogP contribution in [0.1, 0.15) is 25.1 Å². The summed E-state index contributed by atoms with van der Waals surface area (Å²) >= 11 is 1.48. The molecule has 1 rings (SSSR count). The summed E-state index contributed by atoms with van der Waals surface area (Å²) < 4.78 is 27.3. The minimum Gasteiger partial charge on any atom is -0.312 e. The van der Waals surface area contributed by atoms with E-state index in [2.05, 4.69) is 17.0 Å². The molecular weight excluding hydrogens is 294 g/mol. The molecule has 0 amide bonds. The van der Waals surface area contributed by atoms with Crippen LogP contribution < -0.4 is 10.0 Å². The SMILES string of the molecule is CCCNCc1sccc1S(=O)(=O)NCC(C)N(C)C. The number of hydrogen-bond acceptors (Lipinski definition) is 5. The Bertz CT molecular complexity index is 497. The Morgan fingerprint density at radius 1 is 1.40 bits per heavy atom. The second kappa shape index (κ2) is 8.09. The minimum absolute atomic E-state index is 0.157. The molecule has 0 radical (unpaired) electrons. The predicted molar refractivity (Wildman–Crippen MR) is 84.7 cm³/mol. The van der Waals surface area contributed by atoms with Crippen LogP contribution in [0.15, 0.2) is 16.3 Å². The topological polar surface area (TPSA) is 61.4 Å². The van der Waals surface area contributed by atoms with E-state index in [4.69, 9.17) is 0 Å². The lowest BCUT2D eigenvalue weighted by Crippen LogP contribution is -2.38. The number of nitrogens with one attached hydrogen (secondary N) is 2. The highest BCUT2D eigenvalue weighted by Gasteiger charge is 2.20. The Kier molecular flexibility index (Phi) is 7.11. The van der Waals surface area contributed by atoms with Crippen molar-refractivity contribution >= 4 is 21.4 Å². The van der Waals surface area contributed by atoms with E-state index < -0.39 is 10.0 Å². The predicted octanol–water partition coefficient (Wildman–Crippen LogP) is 1.48. The minimum atomic E-state index is -3.42. The van der Waals surface area contributed by atoms with Crippen LogP contribution in [0.3, 0.4) is 0 Å². The average molecular weight is 319 g/mol. The van der Waals surface area contributed by atoms with Gasteiger partial charge in [-0.05, 0) is 45.4 Å². The second-order valence-corrected chi connectivity index (χ2v) is 7.79. The molecule has 0 fully saturated rings. The number of rotatable bonds is 9. The van der Waals surface area contributed by atoms with Crippen molar-refractivity contribution in [2.45, 2.75) is 37.8 Å². The third-order valence-corrected chi connectivity index (χ3v) is 5.72. The fourth-order valence-electron chi connectivity index (χ4n) is 1.57. The molecule has 1 unspecified atom stereocenters. The lowest BCUT2D eigenvalue weighted by Gasteiger charge is -2.20. The molecule has 0 bridgehead atoms. The molecule has 0 aliphatic rings. The van der Waals surface area contributed by atoms with Crippen LogP contribution in [0.2, 0.25) is 0 Å². The van der Waals surface area contributed by atoms with Crippen LogP contribution in [-0.4, -0.2) is 46.5 Å². The van der Waals surface area contributed by atoms with Crippen molar-refractivity contribution in [1.29, 1.82) is 0 Å². The van der Waals surface area contributed by atoms with E-state index in [1.807, 2.05) is 31.3 Å². The van der Waals surface area contributed by atoms with Gasteiger partial charge in [0.15, 0.2) is 0 Å². The normalized spacial score (nSPS) is 13.8. The lowest BCUT2D eigenvalue weighted by molar-refractivity contribution is 0.314. The van der Waals surface area contributed by atoms with E-state index in [0.29, 0.717) is 18.0 Å². The molecule has 7 heteroatoms. The number of nitrogens with zero attached hydrogens (tertiary/aromatic N) is 1. The van der Waals surface area contributed by atoms with Crippen molar-refractivity contribution < 1.29 is 8.42 Å². The molecular formula is C13H25N3O2S2. The molecule has 2 N–H and O–H groups in total. The van der Waals surface area contributed by atoms with Gasteiger partial charge in [-0.1, -0.05) is 6.92 Å². The Balaban J connectivity index is 2.70. The molecule has 20 heavy (non-hydrogen) atoms. The Morgan fingerprint density at radius 3 is 2.70 bits per heavy atom. The van der Waals surface area contributed by atoms with Gasteiger partial charge in [0.05, 0.1) is 4.90 Å². The van der Waals surface area contributed by atoms with E-state index in [0.717, 1.165) is 17.8 Å². The van der Waals surface area contributed by atoms with Gasteiger partial charge in [0, 0.05) is 24.0 Å². The van der Waals surface area contributed by atoms with Gasteiger partial charge in [0.1, 0.15) is 0 Å². The molecule has 0 spiro atoms. The zero-order valence-corrected chi connectivity index (χ0v) is 14.3. The van der Waals surface area contributed by atoms with Gasteiger partial charge >= 0.3 is 0 Å². The smallest absolute Gasteiger partial charge is 0.241 e. The summed E-state index contributed by atoms with van der Waals surface area (Å²) in [6.45, 7) is 5.98. The molecule has 0 aromatic carbocycles. The first-order chi connectivity index (χ1) is 9.38. The monoisotopic (exact) mass is 319 g/mol. The zero-order chi connectivity index (χ0) is 15.2. The van der Waals surface area contributed by atoms with Crippen molar-refractivity contribution in [3.63, 3.8) is 0 Å². The summed E-state index contributed by atoms with van der Waals surface area (Å²) in [6.07, 6.45) is 1.03. The summed E-state index contributed by atoms with van der Waals surface area (Å²) in [5.41, 5.74) is 0. The third kappa shape index (κ3) is 5.14. The van der Waals surface area contributed by atoms with E-state index >= 15 is 0 Å². The highest BCUT2D eigenvalue weighted by Crippen LogP contribution is 2.21. The lowest BCUT2D eigenvalue weighted by atomic mass is 10.3. The fourth-order valence-corrected chi connectivity index (χ4v) is 4.10. The molecule has 0 aliphatic heterocycles. The maximum absolute atomic E-state index is 12.3. The van der Waals surface area contributed by atoms with Gasteiger partial charge in [0.25, 0.3) is 0 Å². The average Bonchev–Trinajstić information content (AvgIpc) is 2.85. The van der Waals surface area contributed by atoms with Gasteiger partial charge < -0.3 is 10.2 Å². The van der Waals surface area contributed by atoms with Crippen molar-refractivity contribution in [3.8, 4) is 0 Å². The van der Waals surface area contributed by atoms with Gasteiger partial charge in [-0.15, -0.1) is 11.3 Å². The highest BCUT2D eigenvalue weighted by atomic mass is 32.2. The molecule has 1 aromatic rings. The van der Waals surface area contributed by atoms with Gasteiger partial charge in [-0.3, -0.25) is 0 Å². The summed E-state index contributed by atoms with van der Waals surface area (Å²) in [6, 6.07) is 1.83. The number of thiophene rings is 1. The molecule has 0 saturated heterocycles. The molecule has 1 atom stereocenters. The van der Waals surface area contributed by atoms with Crippen LogP contribution in [0.5, 0.6) is 0 Å². The van der Waals surface area contributed by atoms with E-state index in [-0.39, 0.29) is 6.04 Å². The second-order valence-electron chi connectivity index (χ2n) is 5.05. The fraction of sp³-hybridized carbons (Fsp3) is 0.692. The quantitative estimate of drug-likeness (QED) is 0.677.